The third-order valence-electron chi connectivity index (χ3n) is 2.73. The molecule has 0 fully saturated rings. The van der Waals surface area contributed by atoms with Gasteiger partial charge in [-0.05, 0) is 42.8 Å². The minimum atomic E-state index is -0.0358. The summed E-state index contributed by atoms with van der Waals surface area (Å²) < 4.78 is 2.46. The Hall–Kier alpha value is -1.68. The Bertz CT molecular complexity index is 792. The summed E-state index contributed by atoms with van der Waals surface area (Å²) in [4.78, 5) is 16.7. The highest BCUT2D eigenvalue weighted by molar-refractivity contribution is 9.10. The number of hydrogen-bond donors (Lipinski definition) is 0. The molecule has 0 spiro atoms. The van der Waals surface area contributed by atoms with Crippen LogP contribution in [-0.4, -0.2) is 9.38 Å². The van der Waals surface area contributed by atoms with Crippen molar-refractivity contribution in [1.82, 2.24) is 9.38 Å². The zero-order valence-corrected chi connectivity index (χ0v) is 10.7. The van der Waals surface area contributed by atoms with Gasteiger partial charge in [0.25, 0.3) is 5.56 Å². The minimum absolute atomic E-state index is 0.0358. The van der Waals surface area contributed by atoms with Gasteiger partial charge in [0.05, 0.1) is 10.9 Å². The normalized spacial score (nSPS) is 11.2. The number of aryl methyl sites for hydroxylation is 1. The highest BCUT2D eigenvalue weighted by atomic mass is 79.9. The van der Waals surface area contributed by atoms with Crippen LogP contribution in [-0.2, 0) is 0 Å². The van der Waals surface area contributed by atoms with E-state index in [4.69, 9.17) is 0 Å². The fraction of sp³-hybridized carbons (Fsp3) is 0.0769. The van der Waals surface area contributed by atoms with Gasteiger partial charge in [0.15, 0.2) is 0 Å². The first-order valence-corrected chi connectivity index (χ1v) is 6.03. The van der Waals surface area contributed by atoms with Crippen LogP contribution in [0, 0.1) is 6.92 Å². The van der Waals surface area contributed by atoms with Crippen LogP contribution < -0.4 is 5.56 Å². The molecule has 2 heterocycles. The lowest BCUT2D eigenvalue weighted by molar-refractivity contribution is 1.07. The molecule has 84 valence electrons. The monoisotopic (exact) mass is 288 g/mol. The van der Waals surface area contributed by atoms with E-state index in [9.17, 15) is 4.79 Å². The molecule has 1 aromatic carbocycles. The highest BCUT2D eigenvalue weighted by Crippen LogP contribution is 2.16. The van der Waals surface area contributed by atoms with Gasteiger partial charge >= 0.3 is 0 Å². The maximum atomic E-state index is 12.3. The van der Waals surface area contributed by atoms with Gasteiger partial charge in [0.1, 0.15) is 5.65 Å². The summed E-state index contributed by atoms with van der Waals surface area (Å²) in [5.74, 6) is 0. The summed E-state index contributed by atoms with van der Waals surface area (Å²) in [5.41, 5.74) is 2.47. The Morgan fingerprint density at radius 3 is 2.88 bits per heavy atom. The van der Waals surface area contributed by atoms with E-state index in [0.717, 1.165) is 15.6 Å². The van der Waals surface area contributed by atoms with Crippen molar-refractivity contribution in [3.05, 3.63) is 56.9 Å². The Balaban J connectivity index is 2.57. The SMILES string of the molecule is Cc1ccn2c(=O)c3cc(Br)ccc3nc2c1. The largest absolute Gasteiger partial charge is 0.268 e. The van der Waals surface area contributed by atoms with E-state index < -0.39 is 0 Å². The number of pyridine rings is 1. The molecular formula is C13H9BrN2O. The lowest BCUT2D eigenvalue weighted by atomic mass is 10.2. The van der Waals surface area contributed by atoms with Crippen LogP contribution in [0.25, 0.3) is 16.6 Å². The zero-order valence-electron chi connectivity index (χ0n) is 9.14. The number of nitrogens with zero attached hydrogens (tertiary/aromatic N) is 2. The molecule has 0 amide bonds. The predicted molar refractivity (Wildman–Crippen MR) is 71.4 cm³/mol. The first-order valence-electron chi connectivity index (χ1n) is 5.23. The van der Waals surface area contributed by atoms with E-state index in [2.05, 4.69) is 20.9 Å². The smallest absolute Gasteiger partial charge is 0.265 e. The highest BCUT2D eigenvalue weighted by Gasteiger charge is 2.05. The average Bonchev–Trinajstić information content (AvgIpc) is 2.30. The summed E-state index contributed by atoms with van der Waals surface area (Å²) >= 11 is 3.37. The van der Waals surface area contributed by atoms with Crippen LogP contribution in [0.4, 0.5) is 0 Å². The second kappa shape index (κ2) is 3.67. The van der Waals surface area contributed by atoms with Gasteiger partial charge in [-0.2, -0.15) is 0 Å². The van der Waals surface area contributed by atoms with Crippen molar-refractivity contribution in [2.75, 3.05) is 0 Å². The van der Waals surface area contributed by atoms with Crippen LogP contribution in [0.15, 0.2) is 45.8 Å². The molecule has 0 N–H and O–H groups in total. The zero-order chi connectivity index (χ0) is 12.0. The summed E-state index contributed by atoms with van der Waals surface area (Å²) in [5, 5.41) is 0.626. The lowest BCUT2D eigenvalue weighted by Crippen LogP contribution is -2.15. The lowest BCUT2D eigenvalue weighted by Gasteiger charge is -2.04. The standard InChI is InChI=1S/C13H9BrN2O/c1-8-4-5-16-12(6-8)15-11-3-2-9(14)7-10(11)13(16)17/h2-7H,1H3. The van der Waals surface area contributed by atoms with Gasteiger partial charge in [-0.1, -0.05) is 15.9 Å². The molecule has 0 saturated carbocycles. The van der Waals surface area contributed by atoms with Crippen molar-refractivity contribution in [2.24, 2.45) is 0 Å². The predicted octanol–water partition coefficient (Wildman–Crippen LogP) is 2.92. The van der Waals surface area contributed by atoms with E-state index in [0.29, 0.717) is 11.0 Å². The Morgan fingerprint density at radius 1 is 1.24 bits per heavy atom. The van der Waals surface area contributed by atoms with Crippen molar-refractivity contribution in [3.8, 4) is 0 Å². The van der Waals surface area contributed by atoms with Crippen LogP contribution in [0.2, 0.25) is 0 Å². The summed E-state index contributed by atoms with van der Waals surface area (Å²) in [7, 11) is 0. The molecule has 4 heteroatoms. The van der Waals surface area contributed by atoms with E-state index in [1.165, 1.54) is 0 Å². The Morgan fingerprint density at radius 2 is 2.06 bits per heavy atom. The number of halogens is 1. The first-order chi connectivity index (χ1) is 8.15. The summed E-state index contributed by atoms with van der Waals surface area (Å²) in [6, 6.07) is 9.35. The topological polar surface area (TPSA) is 34.4 Å². The minimum Gasteiger partial charge on any atom is -0.268 e. The molecule has 0 bridgehead atoms. The third-order valence-corrected chi connectivity index (χ3v) is 3.23. The fourth-order valence-corrected chi connectivity index (χ4v) is 2.24. The van der Waals surface area contributed by atoms with Crippen molar-refractivity contribution in [2.45, 2.75) is 6.92 Å². The van der Waals surface area contributed by atoms with Crippen molar-refractivity contribution < 1.29 is 0 Å². The Labute approximate surface area is 106 Å². The van der Waals surface area contributed by atoms with Crippen LogP contribution in [0.1, 0.15) is 5.56 Å². The van der Waals surface area contributed by atoms with Crippen LogP contribution >= 0.6 is 15.9 Å². The molecule has 0 aliphatic heterocycles. The molecule has 3 aromatic rings. The first kappa shape index (κ1) is 10.5. The fourth-order valence-electron chi connectivity index (χ4n) is 1.88. The number of hydrogen-bond acceptors (Lipinski definition) is 2. The van der Waals surface area contributed by atoms with E-state index >= 15 is 0 Å². The quantitative estimate of drug-likeness (QED) is 0.596. The molecule has 0 aliphatic carbocycles. The maximum absolute atomic E-state index is 12.3. The molecule has 17 heavy (non-hydrogen) atoms. The van der Waals surface area contributed by atoms with Gasteiger partial charge in [-0.25, -0.2) is 4.98 Å². The third kappa shape index (κ3) is 1.65. The molecule has 3 rings (SSSR count). The summed E-state index contributed by atoms with van der Waals surface area (Å²) in [6.07, 6.45) is 1.76. The molecule has 0 aliphatic rings. The molecule has 0 saturated heterocycles. The second-order valence-corrected chi connectivity index (χ2v) is 4.93. The number of aromatic nitrogens is 2. The van der Waals surface area contributed by atoms with Gasteiger partial charge in [0.2, 0.25) is 0 Å². The summed E-state index contributed by atoms with van der Waals surface area (Å²) in [6.45, 7) is 1.98. The van der Waals surface area contributed by atoms with Gasteiger partial charge in [0, 0.05) is 10.7 Å². The second-order valence-electron chi connectivity index (χ2n) is 4.01. The van der Waals surface area contributed by atoms with E-state index in [1.807, 2.05) is 31.2 Å². The van der Waals surface area contributed by atoms with E-state index in [-0.39, 0.29) is 5.56 Å². The van der Waals surface area contributed by atoms with Crippen molar-refractivity contribution in [3.63, 3.8) is 0 Å². The van der Waals surface area contributed by atoms with Crippen LogP contribution in [0.5, 0.6) is 0 Å². The Kier molecular flexibility index (Phi) is 2.26. The van der Waals surface area contributed by atoms with Gasteiger partial charge in [-0.3, -0.25) is 9.20 Å². The average molecular weight is 289 g/mol. The molecular weight excluding hydrogens is 280 g/mol. The molecule has 2 aromatic heterocycles. The van der Waals surface area contributed by atoms with E-state index in [1.54, 1.807) is 16.7 Å². The maximum Gasteiger partial charge on any atom is 0.265 e. The molecule has 0 atom stereocenters. The van der Waals surface area contributed by atoms with Crippen LogP contribution in [0.3, 0.4) is 0 Å². The van der Waals surface area contributed by atoms with Gasteiger partial charge < -0.3 is 0 Å². The number of fused-ring (bicyclic) bond motifs is 2. The molecule has 0 radical (unpaired) electrons. The van der Waals surface area contributed by atoms with Crippen molar-refractivity contribution >= 4 is 32.5 Å². The number of benzene rings is 1. The molecule has 3 nitrogen and oxygen atoms in total. The van der Waals surface area contributed by atoms with Crippen molar-refractivity contribution in [1.29, 1.82) is 0 Å². The van der Waals surface area contributed by atoms with Gasteiger partial charge in [-0.15, -0.1) is 0 Å². The number of rotatable bonds is 0. The molecule has 0 unspecified atom stereocenters.